The summed E-state index contributed by atoms with van der Waals surface area (Å²) in [5.74, 6) is -3.87. The maximum Gasteiger partial charge on any atom is 0.218 e. The summed E-state index contributed by atoms with van der Waals surface area (Å²) >= 11 is 0. The van der Waals surface area contributed by atoms with Crippen molar-refractivity contribution in [2.24, 2.45) is 11.8 Å². The van der Waals surface area contributed by atoms with Gasteiger partial charge in [0.15, 0.2) is 16.6 Å². The third kappa shape index (κ3) is 7.48. The Hall–Kier alpha value is -1.03. The molecule has 2 aliphatic rings. The minimum atomic E-state index is -5.32. The highest BCUT2D eigenvalue weighted by atomic mass is 32.3. The summed E-state index contributed by atoms with van der Waals surface area (Å²) in [6.07, 6.45) is -10.4. The van der Waals surface area contributed by atoms with Crippen molar-refractivity contribution in [3.05, 3.63) is 0 Å². The Morgan fingerprint density at radius 3 is 2.18 bits per heavy atom. The molecule has 0 amide bonds. The van der Waals surface area contributed by atoms with Crippen molar-refractivity contribution in [3.63, 3.8) is 0 Å². The first-order chi connectivity index (χ1) is 15.6. The van der Waals surface area contributed by atoms with Crippen LogP contribution >= 0.6 is 0 Å². The minimum Gasteiger partial charge on any atom is -0.735 e. The van der Waals surface area contributed by atoms with Crippen LogP contribution < -0.4 is 9.83 Å². The van der Waals surface area contributed by atoms with Gasteiger partial charge in [-0.1, -0.05) is 6.92 Å². The van der Waals surface area contributed by atoms with Crippen molar-refractivity contribution in [1.82, 2.24) is 4.72 Å². The van der Waals surface area contributed by atoms with E-state index in [2.05, 4.69) is 4.18 Å². The van der Waals surface area contributed by atoms with Crippen LogP contribution in [0.25, 0.3) is 0 Å². The zero-order chi connectivity index (χ0) is 26.0. The van der Waals surface area contributed by atoms with Gasteiger partial charge in [0.25, 0.3) is 0 Å². The van der Waals surface area contributed by atoms with Crippen molar-refractivity contribution in [2.45, 2.75) is 62.8 Å². The molecule has 34 heavy (non-hydrogen) atoms. The maximum atomic E-state index is 11.3. The minimum absolute atomic E-state index is 0.395. The van der Waals surface area contributed by atoms with Crippen LogP contribution in [0.3, 0.4) is 0 Å². The number of carboxylic acid groups (broad SMARTS) is 1. The largest absolute Gasteiger partial charge is 0.735 e. The second-order valence-corrected chi connectivity index (χ2v) is 10.1. The van der Waals surface area contributed by atoms with Crippen molar-refractivity contribution in [3.8, 4) is 0 Å². The van der Waals surface area contributed by atoms with Gasteiger partial charge < -0.3 is 48.2 Å². The molecule has 0 saturated carbocycles. The Balaban J connectivity index is 2.13. The SMILES string of the molecule is COC1O[C@H](C)C(COCC2O[C@H](C(=O)[O-])C(C)[C@H](O)C2OS(=O)(=O)[O-])[C@H](O)C1NS(=O)(=O)[O-]. The molecule has 2 heterocycles. The summed E-state index contributed by atoms with van der Waals surface area (Å²) in [4.78, 5) is 11.3. The number of carboxylic acids is 1. The first-order valence-corrected chi connectivity index (χ1v) is 12.7. The monoisotopic (exact) mass is 536 g/mol. The van der Waals surface area contributed by atoms with Gasteiger partial charge in [0.1, 0.15) is 18.3 Å². The summed E-state index contributed by atoms with van der Waals surface area (Å²) in [7, 11) is -9.16. The molecule has 2 rings (SSSR count). The van der Waals surface area contributed by atoms with Gasteiger partial charge >= 0.3 is 0 Å². The number of rotatable bonds is 10. The normalized spacial score (nSPS) is 39.6. The van der Waals surface area contributed by atoms with Gasteiger partial charge in [0, 0.05) is 18.9 Å². The van der Waals surface area contributed by atoms with Crippen LogP contribution in [0.15, 0.2) is 0 Å². The summed E-state index contributed by atoms with van der Waals surface area (Å²) in [6, 6.07) is -1.49. The third-order valence-corrected chi connectivity index (χ3v) is 6.68. The van der Waals surface area contributed by atoms with E-state index in [9.17, 15) is 46.1 Å². The molecule has 3 N–H and O–H groups in total. The van der Waals surface area contributed by atoms with Gasteiger partial charge in [0.2, 0.25) is 10.4 Å². The lowest BCUT2D eigenvalue weighted by atomic mass is 9.88. The number of nitrogens with one attached hydrogen (secondary N) is 1. The van der Waals surface area contributed by atoms with Crippen LogP contribution in [0.4, 0.5) is 0 Å². The molecule has 0 aromatic carbocycles. The fourth-order valence-electron chi connectivity index (χ4n) is 3.90. The van der Waals surface area contributed by atoms with E-state index in [1.807, 2.05) is 0 Å². The first kappa shape index (κ1) is 29.2. The number of aliphatic hydroxyl groups excluding tert-OH is 2. The Bertz CT molecular complexity index is 911. The van der Waals surface area contributed by atoms with E-state index in [0.29, 0.717) is 0 Å². The van der Waals surface area contributed by atoms with Gasteiger partial charge in [-0.3, -0.25) is 4.18 Å². The lowest BCUT2D eigenvalue weighted by Gasteiger charge is -2.45. The van der Waals surface area contributed by atoms with Crippen LogP contribution in [0.5, 0.6) is 0 Å². The summed E-state index contributed by atoms with van der Waals surface area (Å²) in [6.45, 7) is 1.70. The highest BCUT2D eigenvalue weighted by molar-refractivity contribution is 7.83. The smallest absolute Gasteiger partial charge is 0.218 e. The molecule has 10 atom stereocenters. The number of aliphatic hydroxyl groups is 2. The highest BCUT2D eigenvalue weighted by Gasteiger charge is 2.47. The van der Waals surface area contributed by atoms with E-state index < -0.39 is 101 Å². The topological polar surface area (TPSA) is 253 Å². The molecule has 6 unspecified atom stereocenters. The van der Waals surface area contributed by atoms with Crippen molar-refractivity contribution < 1.29 is 69.2 Å². The Morgan fingerprint density at radius 2 is 1.68 bits per heavy atom. The first-order valence-electron chi connectivity index (χ1n) is 9.91. The van der Waals surface area contributed by atoms with Crippen molar-refractivity contribution in [1.29, 1.82) is 0 Å². The molecule has 16 nitrogen and oxygen atoms in total. The molecule has 0 aromatic heterocycles. The lowest BCUT2D eigenvalue weighted by molar-refractivity contribution is -0.329. The van der Waals surface area contributed by atoms with E-state index in [-0.39, 0.29) is 0 Å². The lowest BCUT2D eigenvalue weighted by Crippen LogP contribution is -2.62. The summed E-state index contributed by atoms with van der Waals surface area (Å²) in [5.41, 5.74) is 0. The van der Waals surface area contributed by atoms with E-state index in [1.54, 1.807) is 4.72 Å². The summed E-state index contributed by atoms with van der Waals surface area (Å²) in [5, 5.41) is 32.2. The van der Waals surface area contributed by atoms with Gasteiger partial charge in [0.05, 0.1) is 43.5 Å². The second-order valence-electron chi connectivity index (χ2n) is 7.97. The molecule has 0 spiro atoms. The predicted molar refractivity (Wildman–Crippen MR) is 102 cm³/mol. The molecule has 200 valence electrons. The molecule has 2 saturated heterocycles. The van der Waals surface area contributed by atoms with Crippen LogP contribution in [0.2, 0.25) is 0 Å². The van der Waals surface area contributed by atoms with Gasteiger partial charge in [-0.15, -0.1) is 0 Å². The third-order valence-electron chi connectivity index (χ3n) is 5.66. The van der Waals surface area contributed by atoms with Crippen LogP contribution in [0.1, 0.15) is 13.8 Å². The molecule has 0 bridgehead atoms. The quantitative estimate of drug-likeness (QED) is 0.175. The number of carbonyl (C=O) groups is 1. The van der Waals surface area contributed by atoms with Crippen molar-refractivity contribution >= 4 is 26.7 Å². The number of hydrogen-bond donors (Lipinski definition) is 3. The number of aliphatic carboxylic acids is 1. The molecule has 18 heteroatoms. The van der Waals surface area contributed by atoms with Crippen LogP contribution in [-0.4, -0.2) is 111 Å². The molecule has 0 radical (unpaired) electrons. The van der Waals surface area contributed by atoms with Gasteiger partial charge in [-0.2, -0.15) is 0 Å². The Kier molecular flexibility index (Phi) is 9.75. The zero-order valence-electron chi connectivity index (χ0n) is 18.2. The maximum absolute atomic E-state index is 11.3. The molecular weight excluding hydrogens is 510 g/mol. The standard InChI is InChI=1S/C16H29NO15S2/c1-6-11(18)14(32-34(25,26)27)9(31-13(6)15(20)21)5-29-4-8-7(2)30-16(28-3)10(12(8)19)17-33(22,23)24/h6-14,16-19H,4-5H2,1-3H3,(H,20,21)(H,22,23,24)(H,25,26,27)/p-3/t6?,7-,8?,9?,10?,11+,12+,13+,14?,16?/m1/s1. The molecular formula is C16H26NO15S2-3. The van der Waals surface area contributed by atoms with Gasteiger partial charge in [-0.05, 0) is 6.92 Å². The average Bonchev–Trinajstić information content (AvgIpc) is 2.69. The number of ether oxygens (including phenoxy) is 4. The van der Waals surface area contributed by atoms with E-state index in [0.717, 1.165) is 7.11 Å². The second kappa shape index (κ2) is 11.4. The average molecular weight is 537 g/mol. The molecule has 0 aliphatic carbocycles. The summed E-state index contributed by atoms with van der Waals surface area (Å²) < 4.78 is 93.6. The van der Waals surface area contributed by atoms with E-state index in [1.165, 1.54) is 13.8 Å². The van der Waals surface area contributed by atoms with Gasteiger partial charge in [-0.25, -0.2) is 21.6 Å². The Morgan fingerprint density at radius 1 is 1.06 bits per heavy atom. The Labute approximate surface area is 195 Å². The molecule has 2 fully saturated rings. The van der Waals surface area contributed by atoms with Crippen molar-refractivity contribution in [2.75, 3.05) is 20.3 Å². The number of hydrogen-bond acceptors (Lipinski definition) is 15. The van der Waals surface area contributed by atoms with Crippen LogP contribution in [-0.2, 0) is 48.6 Å². The number of carbonyl (C=O) groups excluding carboxylic acids is 1. The van der Waals surface area contributed by atoms with Crippen LogP contribution in [0, 0.1) is 11.8 Å². The molecule has 2 aliphatic heterocycles. The van der Waals surface area contributed by atoms with E-state index in [4.69, 9.17) is 18.9 Å². The number of methoxy groups -OCH3 is 1. The zero-order valence-corrected chi connectivity index (χ0v) is 19.8. The fraction of sp³-hybridized carbons (Fsp3) is 0.938. The highest BCUT2D eigenvalue weighted by Crippen LogP contribution is 2.30. The fourth-order valence-corrected chi connectivity index (χ4v) is 4.99. The molecule has 0 aromatic rings. The predicted octanol–water partition coefficient (Wildman–Crippen LogP) is -4.85. The van der Waals surface area contributed by atoms with E-state index >= 15 is 0 Å².